The normalized spacial score (nSPS) is 24.3. The molecule has 1 aromatic carbocycles. The lowest BCUT2D eigenvalue weighted by molar-refractivity contribution is -0.127. The van der Waals surface area contributed by atoms with E-state index in [1.807, 2.05) is 24.3 Å². The summed E-state index contributed by atoms with van der Waals surface area (Å²) in [5, 5.41) is 3.07. The predicted molar refractivity (Wildman–Crippen MR) is 59.4 cm³/mol. The van der Waals surface area contributed by atoms with Crippen LogP contribution < -0.4 is 10.1 Å². The molecule has 16 heavy (non-hydrogen) atoms. The smallest absolute Gasteiger partial charge is 0.179 e. The molecule has 2 rings (SSSR count). The number of ether oxygens (including phenoxy) is 2. The van der Waals surface area contributed by atoms with Gasteiger partial charge >= 0.3 is 0 Å². The zero-order valence-electron chi connectivity index (χ0n) is 9.23. The summed E-state index contributed by atoms with van der Waals surface area (Å²) in [6.45, 7) is 1.28. The number of carbonyl (C=O) groups is 1. The van der Waals surface area contributed by atoms with Crippen LogP contribution in [-0.4, -0.2) is 32.3 Å². The summed E-state index contributed by atoms with van der Waals surface area (Å²) in [5.41, 5.74) is 0.160. The monoisotopic (exact) mass is 221 g/mol. The molecule has 1 atom stereocenters. The average Bonchev–Trinajstić information content (AvgIpc) is 2.78. The third-order valence-electron chi connectivity index (χ3n) is 2.68. The van der Waals surface area contributed by atoms with E-state index in [0.29, 0.717) is 19.6 Å². The van der Waals surface area contributed by atoms with Gasteiger partial charge in [0.25, 0.3) is 0 Å². The minimum atomic E-state index is -0.855. The van der Waals surface area contributed by atoms with Crippen molar-refractivity contribution in [2.24, 2.45) is 0 Å². The number of aldehydes is 1. The van der Waals surface area contributed by atoms with Crippen LogP contribution in [0.15, 0.2) is 24.3 Å². The first-order chi connectivity index (χ1) is 7.78. The quantitative estimate of drug-likeness (QED) is 0.762. The fourth-order valence-electron chi connectivity index (χ4n) is 1.86. The Hall–Kier alpha value is -1.39. The third-order valence-corrected chi connectivity index (χ3v) is 2.68. The van der Waals surface area contributed by atoms with E-state index in [0.717, 1.165) is 17.6 Å². The van der Waals surface area contributed by atoms with Crippen LogP contribution in [0.25, 0.3) is 0 Å². The van der Waals surface area contributed by atoms with Gasteiger partial charge in [0.2, 0.25) is 0 Å². The second-order valence-electron chi connectivity index (χ2n) is 3.81. The third kappa shape index (κ3) is 2.23. The fourth-order valence-corrected chi connectivity index (χ4v) is 1.86. The minimum absolute atomic E-state index is 0.522. The summed E-state index contributed by atoms with van der Waals surface area (Å²) in [6.07, 6.45) is 1.35. The van der Waals surface area contributed by atoms with Gasteiger partial charge in [-0.05, 0) is 17.7 Å². The second kappa shape index (κ2) is 4.63. The molecular formula is C12H15NO3. The van der Waals surface area contributed by atoms with E-state index in [9.17, 15) is 4.79 Å². The van der Waals surface area contributed by atoms with Crippen molar-refractivity contribution in [3.05, 3.63) is 29.8 Å². The number of hydrogen-bond acceptors (Lipinski definition) is 4. The molecule has 4 nitrogen and oxygen atoms in total. The molecule has 0 bridgehead atoms. The van der Waals surface area contributed by atoms with Crippen LogP contribution in [0.1, 0.15) is 5.56 Å². The van der Waals surface area contributed by atoms with E-state index in [-0.39, 0.29) is 0 Å². The zero-order valence-corrected chi connectivity index (χ0v) is 9.23. The molecule has 0 spiro atoms. The van der Waals surface area contributed by atoms with Gasteiger partial charge in [0.05, 0.1) is 13.7 Å². The van der Waals surface area contributed by atoms with Crippen LogP contribution in [0.5, 0.6) is 5.75 Å². The maximum absolute atomic E-state index is 11.1. The number of hydrogen-bond donors (Lipinski definition) is 1. The zero-order chi connectivity index (χ0) is 11.4. The van der Waals surface area contributed by atoms with Crippen molar-refractivity contribution in [1.29, 1.82) is 0 Å². The van der Waals surface area contributed by atoms with Crippen molar-refractivity contribution < 1.29 is 14.3 Å². The summed E-state index contributed by atoms with van der Waals surface area (Å²) < 4.78 is 10.6. The summed E-state index contributed by atoms with van der Waals surface area (Å²) in [7, 11) is 1.62. The molecule has 1 aromatic rings. The highest BCUT2D eigenvalue weighted by atomic mass is 16.5. The molecule has 0 aromatic heterocycles. The Morgan fingerprint density at radius 2 is 2.50 bits per heavy atom. The summed E-state index contributed by atoms with van der Waals surface area (Å²) in [4.78, 5) is 11.1. The van der Waals surface area contributed by atoms with Crippen molar-refractivity contribution in [2.45, 2.75) is 12.1 Å². The Balaban J connectivity index is 2.15. The molecule has 1 fully saturated rings. The van der Waals surface area contributed by atoms with Crippen molar-refractivity contribution >= 4 is 6.29 Å². The van der Waals surface area contributed by atoms with Gasteiger partial charge in [-0.25, -0.2) is 0 Å². The van der Waals surface area contributed by atoms with Crippen molar-refractivity contribution in [2.75, 3.05) is 20.3 Å². The van der Waals surface area contributed by atoms with Crippen molar-refractivity contribution in [3.8, 4) is 5.75 Å². The molecule has 1 aliphatic rings. The number of methoxy groups -OCH3 is 1. The van der Waals surface area contributed by atoms with E-state index in [1.165, 1.54) is 0 Å². The Morgan fingerprint density at radius 1 is 1.62 bits per heavy atom. The van der Waals surface area contributed by atoms with E-state index < -0.39 is 5.72 Å². The highest BCUT2D eigenvalue weighted by Crippen LogP contribution is 2.20. The van der Waals surface area contributed by atoms with Gasteiger partial charge < -0.3 is 9.47 Å². The molecule has 1 unspecified atom stereocenters. The van der Waals surface area contributed by atoms with Crippen LogP contribution in [0.2, 0.25) is 0 Å². The second-order valence-corrected chi connectivity index (χ2v) is 3.81. The average molecular weight is 221 g/mol. The lowest BCUT2D eigenvalue weighted by Gasteiger charge is -2.21. The number of benzene rings is 1. The summed E-state index contributed by atoms with van der Waals surface area (Å²) >= 11 is 0. The summed E-state index contributed by atoms with van der Waals surface area (Å²) in [5.74, 6) is 0.788. The molecule has 1 heterocycles. The van der Waals surface area contributed by atoms with Crippen LogP contribution in [-0.2, 0) is 16.0 Å². The largest absolute Gasteiger partial charge is 0.497 e. The van der Waals surface area contributed by atoms with Gasteiger partial charge in [0, 0.05) is 13.0 Å². The first-order valence-electron chi connectivity index (χ1n) is 5.26. The SMILES string of the molecule is COc1cccc(CC2(C=O)NCCO2)c1. The van der Waals surface area contributed by atoms with E-state index in [2.05, 4.69) is 5.32 Å². The first kappa shape index (κ1) is 11.1. The van der Waals surface area contributed by atoms with Gasteiger partial charge in [-0.15, -0.1) is 0 Å². The Labute approximate surface area is 94.6 Å². The van der Waals surface area contributed by atoms with Gasteiger partial charge in [0.15, 0.2) is 12.0 Å². The number of carbonyl (C=O) groups excluding carboxylic acids is 1. The molecule has 0 radical (unpaired) electrons. The van der Waals surface area contributed by atoms with Crippen LogP contribution in [0, 0.1) is 0 Å². The molecule has 1 N–H and O–H groups in total. The molecule has 86 valence electrons. The first-order valence-corrected chi connectivity index (χ1v) is 5.26. The van der Waals surface area contributed by atoms with E-state index in [4.69, 9.17) is 9.47 Å². The number of rotatable bonds is 4. The fraction of sp³-hybridized carbons (Fsp3) is 0.417. The Morgan fingerprint density at radius 3 is 3.12 bits per heavy atom. The molecule has 4 heteroatoms. The number of nitrogens with one attached hydrogen (secondary N) is 1. The topological polar surface area (TPSA) is 47.6 Å². The highest BCUT2D eigenvalue weighted by molar-refractivity contribution is 5.63. The van der Waals surface area contributed by atoms with E-state index >= 15 is 0 Å². The summed E-state index contributed by atoms with van der Waals surface area (Å²) in [6, 6.07) is 7.65. The van der Waals surface area contributed by atoms with Crippen LogP contribution in [0.3, 0.4) is 0 Å². The minimum Gasteiger partial charge on any atom is -0.497 e. The molecule has 0 saturated carbocycles. The molecule has 1 aliphatic heterocycles. The van der Waals surface area contributed by atoms with Gasteiger partial charge in [-0.1, -0.05) is 12.1 Å². The molecule has 1 saturated heterocycles. The van der Waals surface area contributed by atoms with Gasteiger partial charge in [-0.2, -0.15) is 0 Å². The lowest BCUT2D eigenvalue weighted by atomic mass is 10.0. The van der Waals surface area contributed by atoms with E-state index in [1.54, 1.807) is 7.11 Å². The highest BCUT2D eigenvalue weighted by Gasteiger charge is 2.34. The van der Waals surface area contributed by atoms with Crippen molar-refractivity contribution in [3.63, 3.8) is 0 Å². The molecule has 0 aliphatic carbocycles. The van der Waals surface area contributed by atoms with Crippen molar-refractivity contribution in [1.82, 2.24) is 5.32 Å². The van der Waals surface area contributed by atoms with Crippen LogP contribution in [0.4, 0.5) is 0 Å². The predicted octanol–water partition coefficient (Wildman–Crippen LogP) is 0.753. The Bertz CT molecular complexity index is 372. The Kier molecular flexibility index (Phi) is 3.22. The molecular weight excluding hydrogens is 206 g/mol. The van der Waals surface area contributed by atoms with Crippen LogP contribution >= 0.6 is 0 Å². The van der Waals surface area contributed by atoms with Gasteiger partial charge in [0.1, 0.15) is 5.75 Å². The lowest BCUT2D eigenvalue weighted by Crippen LogP contribution is -2.44. The standard InChI is InChI=1S/C12H15NO3/c1-15-11-4-2-3-10(7-11)8-12(9-14)13-5-6-16-12/h2-4,7,9,13H,5-6,8H2,1H3. The van der Waals surface area contributed by atoms with Gasteiger partial charge in [-0.3, -0.25) is 10.1 Å². The molecule has 0 amide bonds. The maximum atomic E-state index is 11.1. The maximum Gasteiger partial charge on any atom is 0.179 e.